The van der Waals surface area contributed by atoms with Gasteiger partial charge in [-0.25, -0.2) is 0 Å². The van der Waals surface area contributed by atoms with Gasteiger partial charge in [-0.05, 0) is 34.1 Å². The molecule has 1 aromatic carbocycles. The quantitative estimate of drug-likeness (QED) is 0.702. The molecule has 1 nitrogen and oxygen atoms in total. The van der Waals surface area contributed by atoms with Crippen molar-refractivity contribution in [2.75, 3.05) is 0 Å². The lowest BCUT2D eigenvalue weighted by atomic mass is 10.1. The SMILES string of the molecule is O=C(c1cc(Cl)cc(Cl)c1)c1cscc1Br. The highest BCUT2D eigenvalue weighted by atomic mass is 79.9. The third-order valence-electron chi connectivity index (χ3n) is 1.98. The van der Waals surface area contributed by atoms with Gasteiger partial charge < -0.3 is 0 Å². The Morgan fingerprint density at radius 2 is 1.75 bits per heavy atom. The summed E-state index contributed by atoms with van der Waals surface area (Å²) in [4.78, 5) is 12.1. The van der Waals surface area contributed by atoms with Crippen molar-refractivity contribution in [1.82, 2.24) is 0 Å². The van der Waals surface area contributed by atoms with Crippen LogP contribution in [0.2, 0.25) is 10.0 Å². The number of halogens is 3. The Hall–Kier alpha value is -0.350. The fraction of sp³-hybridized carbons (Fsp3) is 0. The van der Waals surface area contributed by atoms with E-state index >= 15 is 0 Å². The fourth-order valence-electron chi connectivity index (χ4n) is 1.28. The number of benzene rings is 1. The molecule has 16 heavy (non-hydrogen) atoms. The van der Waals surface area contributed by atoms with Gasteiger partial charge >= 0.3 is 0 Å². The van der Waals surface area contributed by atoms with Crippen LogP contribution in [0.15, 0.2) is 33.4 Å². The fourth-order valence-corrected chi connectivity index (χ4v) is 3.26. The third kappa shape index (κ3) is 2.48. The second kappa shape index (κ2) is 4.88. The predicted molar refractivity (Wildman–Crippen MR) is 71.9 cm³/mol. The number of carbonyl (C=O) groups is 1. The number of carbonyl (C=O) groups excluding carboxylic acids is 1. The maximum absolute atomic E-state index is 12.1. The maximum atomic E-state index is 12.1. The van der Waals surface area contributed by atoms with Gasteiger partial charge in [-0.2, -0.15) is 11.3 Å². The van der Waals surface area contributed by atoms with Crippen molar-refractivity contribution < 1.29 is 4.79 Å². The molecule has 0 unspecified atom stereocenters. The zero-order valence-corrected chi connectivity index (χ0v) is 11.8. The Kier molecular flexibility index (Phi) is 3.70. The summed E-state index contributed by atoms with van der Waals surface area (Å²) in [5, 5.41) is 4.57. The van der Waals surface area contributed by atoms with Crippen LogP contribution in [0, 0.1) is 0 Å². The Labute approximate surface area is 115 Å². The summed E-state index contributed by atoms with van der Waals surface area (Å²) < 4.78 is 0.790. The van der Waals surface area contributed by atoms with Gasteiger partial charge in [0.05, 0.1) is 0 Å². The summed E-state index contributed by atoms with van der Waals surface area (Å²) >= 11 is 16.5. The standard InChI is InChI=1S/C11H5BrCl2OS/c12-10-5-16-4-9(10)11(15)6-1-7(13)3-8(14)2-6/h1-5H. The molecule has 2 aromatic rings. The number of rotatable bonds is 2. The van der Waals surface area contributed by atoms with Crippen LogP contribution in [-0.4, -0.2) is 5.78 Å². The zero-order valence-electron chi connectivity index (χ0n) is 7.84. The Bertz CT molecular complexity index is 530. The van der Waals surface area contributed by atoms with Crippen molar-refractivity contribution in [2.24, 2.45) is 0 Å². The average molecular weight is 336 g/mol. The molecule has 82 valence electrons. The predicted octanol–water partition coefficient (Wildman–Crippen LogP) is 5.05. The zero-order chi connectivity index (χ0) is 11.7. The van der Waals surface area contributed by atoms with Gasteiger partial charge in [-0.15, -0.1) is 0 Å². The van der Waals surface area contributed by atoms with Gasteiger partial charge in [0.25, 0.3) is 0 Å². The third-order valence-corrected chi connectivity index (χ3v) is 4.12. The Morgan fingerprint density at radius 1 is 1.12 bits per heavy atom. The van der Waals surface area contributed by atoms with Crippen molar-refractivity contribution in [1.29, 1.82) is 0 Å². The van der Waals surface area contributed by atoms with E-state index in [2.05, 4.69) is 15.9 Å². The number of ketones is 1. The lowest BCUT2D eigenvalue weighted by Crippen LogP contribution is -2.00. The monoisotopic (exact) mass is 334 g/mol. The molecule has 5 heteroatoms. The highest BCUT2D eigenvalue weighted by molar-refractivity contribution is 9.10. The van der Waals surface area contributed by atoms with E-state index in [1.54, 1.807) is 23.6 Å². The van der Waals surface area contributed by atoms with Crippen LogP contribution in [-0.2, 0) is 0 Å². The Balaban J connectivity index is 2.45. The van der Waals surface area contributed by atoms with E-state index in [1.807, 2.05) is 5.38 Å². The molecule has 0 aliphatic rings. The first-order chi connectivity index (χ1) is 7.58. The summed E-state index contributed by atoms with van der Waals surface area (Å²) in [7, 11) is 0. The lowest BCUT2D eigenvalue weighted by molar-refractivity contribution is 0.103. The Morgan fingerprint density at radius 3 is 2.25 bits per heavy atom. The highest BCUT2D eigenvalue weighted by Gasteiger charge is 2.14. The molecule has 0 saturated carbocycles. The molecule has 0 aliphatic carbocycles. The largest absolute Gasteiger partial charge is 0.289 e. The second-order valence-corrected chi connectivity index (χ2v) is 5.59. The highest BCUT2D eigenvalue weighted by Crippen LogP contribution is 2.26. The molecule has 1 heterocycles. The van der Waals surface area contributed by atoms with E-state index in [1.165, 1.54) is 11.3 Å². The molecular formula is C11H5BrCl2OS. The van der Waals surface area contributed by atoms with Crippen molar-refractivity contribution in [2.45, 2.75) is 0 Å². The van der Waals surface area contributed by atoms with E-state index in [9.17, 15) is 4.79 Å². The molecule has 0 bridgehead atoms. The molecule has 0 aliphatic heterocycles. The van der Waals surface area contributed by atoms with Crippen LogP contribution in [0.3, 0.4) is 0 Å². The van der Waals surface area contributed by atoms with Crippen molar-refractivity contribution in [3.8, 4) is 0 Å². The van der Waals surface area contributed by atoms with Gasteiger partial charge in [0.15, 0.2) is 5.78 Å². The molecule has 1 aromatic heterocycles. The summed E-state index contributed by atoms with van der Waals surface area (Å²) in [5.74, 6) is -0.0856. The first kappa shape index (κ1) is 12.1. The molecule has 0 saturated heterocycles. The van der Waals surface area contributed by atoms with E-state index < -0.39 is 0 Å². The van der Waals surface area contributed by atoms with E-state index in [-0.39, 0.29) is 5.78 Å². The summed E-state index contributed by atoms with van der Waals surface area (Å²) in [6, 6.07) is 4.82. The molecule has 0 amide bonds. The van der Waals surface area contributed by atoms with Gasteiger partial charge in [0.1, 0.15) is 0 Å². The van der Waals surface area contributed by atoms with Crippen LogP contribution in [0.4, 0.5) is 0 Å². The van der Waals surface area contributed by atoms with Gasteiger partial charge in [0.2, 0.25) is 0 Å². The van der Waals surface area contributed by atoms with Gasteiger partial charge in [0, 0.05) is 36.4 Å². The maximum Gasteiger partial charge on any atom is 0.195 e. The lowest BCUT2D eigenvalue weighted by Gasteiger charge is -2.01. The number of hydrogen-bond acceptors (Lipinski definition) is 2. The van der Waals surface area contributed by atoms with Crippen LogP contribution in [0.5, 0.6) is 0 Å². The smallest absolute Gasteiger partial charge is 0.195 e. The summed E-state index contributed by atoms with van der Waals surface area (Å²) in [6.07, 6.45) is 0. The van der Waals surface area contributed by atoms with Crippen LogP contribution >= 0.6 is 50.5 Å². The second-order valence-electron chi connectivity index (χ2n) is 3.12. The summed E-state index contributed by atoms with van der Waals surface area (Å²) in [5.41, 5.74) is 1.12. The van der Waals surface area contributed by atoms with Crippen LogP contribution < -0.4 is 0 Å². The first-order valence-electron chi connectivity index (χ1n) is 4.30. The molecule has 0 fully saturated rings. The topological polar surface area (TPSA) is 17.1 Å². The van der Waals surface area contributed by atoms with Gasteiger partial charge in [-0.1, -0.05) is 23.2 Å². The van der Waals surface area contributed by atoms with E-state index in [0.29, 0.717) is 21.2 Å². The van der Waals surface area contributed by atoms with Crippen LogP contribution in [0.1, 0.15) is 15.9 Å². The van der Waals surface area contributed by atoms with Crippen molar-refractivity contribution in [3.63, 3.8) is 0 Å². The molecule has 2 rings (SSSR count). The summed E-state index contributed by atoms with van der Waals surface area (Å²) in [6.45, 7) is 0. The number of hydrogen-bond donors (Lipinski definition) is 0. The molecular weight excluding hydrogens is 331 g/mol. The van der Waals surface area contributed by atoms with Gasteiger partial charge in [-0.3, -0.25) is 4.79 Å². The minimum absolute atomic E-state index is 0.0856. The molecule has 0 radical (unpaired) electrons. The average Bonchev–Trinajstić information content (AvgIpc) is 2.62. The van der Waals surface area contributed by atoms with Crippen molar-refractivity contribution >= 4 is 56.3 Å². The van der Waals surface area contributed by atoms with E-state index in [4.69, 9.17) is 23.2 Å². The normalized spacial score (nSPS) is 10.4. The van der Waals surface area contributed by atoms with E-state index in [0.717, 1.165) is 4.47 Å². The first-order valence-corrected chi connectivity index (χ1v) is 6.79. The minimum Gasteiger partial charge on any atom is -0.289 e. The van der Waals surface area contributed by atoms with Crippen molar-refractivity contribution in [3.05, 3.63) is 54.6 Å². The number of thiophene rings is 1. The van der Waals surface area contributed by atoms with Crippen LogP contribution in [0.25, 0.3) is 0 Å². The molecule has 0 spiro atoms. The molecule has 0 N–H and O–H groups in total. The minimum atomic E-state index is -0.0856. The molecule has 0 atom stereocenters.